The van der Waals surface area contributed by atoms with E-state index in [0.717, 1.165) is 49.9 Å². The van der Waals surface area contributed by atoms with E-state index in [2.05, 4.69) is 43.1 Å². The van der Waals surface area contributed by atoms with Crippen molar-refractivity contribution in [2.45, 2.75) is 47.0 Å². The number of hydrogen-bond donors (Lipinski definition) is 2. The quantitative estimate of drug-likeness (QED) is 0.451. The van der Waals surface area contributed by atoms with E-state index >= 15 is 0 Å². The zero-order valence-electron chi connectivity index (χ0n) is 17.8. The van der Waals surface area contributed by atoms with E-state index < -0.39 is 0 Å². The van der Waals surface area contributed by atoms with E-state index in [1.165, 1.54) is 16.9 Å². The zero-order chi connectivity index (χ0) is 21.1. The van der Waals surface area contributed by atoms with Gasteiger partial charge in [0.2, 0.25) is 0 Å². The summed E-state index contributed by atoms with van der Waals surface area (Å²) in [6.45, 7) is 10.9. The molecule has 0 spiro atoms. The molecule has 0 radical (unpaired) electrons. The van der Waals surface area contributed by atoms with Crippen molar-refractivity contribution >= 4 is 32.3 Å². The lowest BCUT2D eigenvalue weighted by atomic mass is 9.93. The van der Waals surface area contributed by atoms with Crippen LogP contribution in [0.4, 0.5) is 0 Å². The summed E-state index contributed by atoms with van der Waals surface area (Å²) in [7, 11) is 0. The van der Waals surface area contributed by atoms with Gasteiger partial charge in [0.05, 0.1) is 11.2 Å². The molecule has 3 heterocycles. The smallest absolute Gasteiger partial charge is 0.266 e. The first-order chi connectivity index (χ1) is 14.0. The molecule has 3 N–H and O–H groups in total. The van der Waals surface area contributed by atoms with Crippen LogP contribution in [0.3, 0.4) is 0 Å². The number of thiophene rings is 1. The first-order valence-corrected chi connectivity index (χ1v) is 11.2. The number of nitrogens with zero attached hydrogens (tertiary/aromatic N) is 1. The molecule has 29 heavy (non-hydrogen) atoms. The maximum absolute atomic E-state index is 12.5. The van der Waals surface area contributed by atoms with Crippen LogP contribution in [0.1, 0.15) is 50.6 Å². The summed E-state index contributed by atoms with van der Waals surface area (Å²) in [6, 6.07) is 10.6. The van der Waals surface area contributed by atoms with Crippen LogP contribution >= 0.6 is 11.3 Å². The molecule has 0 amide bonds. The molecule has 1 aromatic carbocycles. The summed E-state index contributed by atoms with van der Waals surface area (Å²) >= 11 is 1.48. The predicted molar refractivity (Wildman–Crippen MR) is 126 cm³/mol. The molecule has 4 rings (SSSR count). The molecule has 0 saturated carbocycles. The van der Waals surface area contributed by atoms with Crippen LogP contribution in [0.2, 0.25) is 0 Å². The number of hydrogen-bond acceptors (Lipinski definition) is 4. The molecule has 1 atom stereocenters. The average Bonchev–Trinajstić information content (AvgIpc) is 3.26. The van der Waals surface area contributed by atoms with Crippen molar-refractivity contribution in [3.8, 4) is 11.1 Å². The molecule has 4 aromatic rings. The van der Waals surface area contributed by atoms with Crippen LogP contribution < -0.4 is 11.3 Å². The van der Waals surface area contributed by atoms with E-state index in [1.807, 2.05) is 32.2 Å². The Bertz CT molecular complexity index is 1190. The second-order valence-electron chi connectivity index (χ2n) is 7.00. The van der Waals surface area contributed by atoms with Gasteiger partial charge in [-0.2, -0.15) is 0 Å². The van der Waals surface area contributed by atoms with Crippen molar-refractivity contribution < 1.29 is 0 Å². The van der Waals surface area contributed by atoms with Gasteiger partial charge >= 0.3 is 0 Å². The highest BCUT2D eigenvalue weighted by atomic mass is 32.1. The molecular formula is C24H29N3OS. The minimum atomic E-state index is -0.0419. The summed E-state index contributed by atoms with van der Waals surface area (Å²) in [5.74, 6) is 0.331. The minimum Gasteiger partial charge on any atom is -0.330 e. The van der Waals surface area contributed by atoms with Crippen molar-refractivity contribution in [2.24, 2.45) is 5.73 Å². The Morgan fingerprint density at radius 2 is 1.86 bits per heavy atom. The number of aromatic nitrogens is 2. The molecule has 0 fully saturated rings. The van der Waals surface area contributed by atoms with Crippen LogP contribution in [0.5, 0.6) is 0 Å². The minimum absolute atomic E-state index is 0.0419. The van der Waals surface area contributed by atoms with Gasteiger partial charge in [-0.3, -0.25) is 9.78 Å². The highest BCUT2D eigenvalue weighted by Gasteiger charge is 2.18. The van der Waals surface area contributed by atoms with Crippen LogP contribution in [0.25, 0.3) is 32.1 Å². The molecule has 0 aliphatic rings. The van der Waals surface area contributed by atoms with E-state index in [9.17, 15) is 4.79 Å². The number of aryl methyl sites for hydroxylation is 2. The third-order valence-corrected chi connectivity index (χ3v) is 6.20. The maximum atomic E-state index is 12.5. The lowest BCUT2D eigenvalue weighted by Crippen LogP contribution is -2.09. The molecular weight excluding hydrogens is 378 g/mol. The maximum Gasteiger partial charge on any atom is 0.266 e. The normalized spacial score (nSPS) is 12.1. The highest BCUT2D eigenvalue weighted by Crippen LogP contribution is 2.37. The number of fused-ring (bicyclic) bond motifs is 3. The number of benzene rings is 1. The van der Waals surface area contributed by atoms with E-state index in [1.54, 1.807) is 0 Å². The van der Waals surface area contributed by atoms with Gasteiger partial charge in [0, 0.05) is 22.0 Å². The van der Waals surface area contributed by atoms with Crippen LogP contribution in [0.15, 0.2) is 40.5 Å². The van der Waals surface area contributed by atoms with Crippen molar-refractivity contribution in [1.29, 1.82) is 0 Å². The number of aromatic amines is 1. The fourth-order valence-electron chi connectivity index (χ4n) is 3.72. The Morgan fingerprint density at radius 3 is 2.48 bits per heavy atom. The predicted octanol–water partition coefficient (Wildman–Crippen LogP) is 5.76. The van der Waals surface area contributed by atoms with Gasteiger partial charge in [-0.25, -0.2) is 0 Å². The Balaban J connectivity index is 0.00000117. The molecule has 1 unspecified atom stereocenters. The first-order valence-electron chi connectivity index (χ1n) is 10.3. The third-order valence-electron chi connectivity index (χ3n) is 5.29. The number of pyridine rings is 2. The molecule has 5 heteroatoms. The van der Waals surface area contributed by atoms with Gasteiger partial charge in [-0.1, -0.05) is 52.0 Å². The lowest BCUT2D eigenvalue weighted by Gasteiger charge is -2.16. The Morgan fingerprint density at radius 1 is 1.17 bits per heavy atom. The number of nitrogens with two attached hydrogens (primary N) is 1. The Kier molecular flexibility index (Phi) is 6.50. The van der Waals surface area contributed by atoms with Crippen molar-refractivity contribution in [2.75, 3.05) is 6.54 Å². The Hall–Kier alpha value is -2.50. The highest BCUT2D eigenvalue weighted by molar-refractivity contribution is 7.17. The van der Waals surface area contributed by atoms with Gasteiger partial charge in [-0.05, 0) is 48.4 Å². The Labute approximate surface area is 175 Å². The summed E-state index contributed by atoms with van der Waals surface area (Å²) in [5.41, 5.74) is 12.0. The molecule has 0 aliphatic heterocycles. The van der Waals surface area contributed by atoms with Crippen LogP contribution in [-0.4, -0.2) is 16.5 Å². The van der Waals surface area contributed by atoms with E-state index in [-0.39, 0.29) is 5.56 Å². The number of nitrogens with one attached hydrogen (secondary N) is 1. The van der Waals surface area contributed by atoms with Gasteiger partial charge < -0.3 is 10.7 Å². The van der Waals surface area contributed by atoms with Crippen LogP contribution in [0, 0.1) is 6.92 Å². The summed E-state index contributed by atoms with van der Waals surface area (Å²) in [5, 5.41) is 4.08. The second-order valence-corrected chi connectivity index (χ2v) is 7.91. The average molecular weight is 408 g/mol. The summed E-state index contributed by atoms with van der Waals surface area (Å²) in [6.07, 6.45) is 0.831. The lowest BCUT2D eigenvalue weighted by molar-refractivity contribution is 0.774. The van der Waals surface area contributed by atoms with Crippen LogP contribution in [-0.2, 0) is 6.42 Å². The first kappa shape index (κ1) is 21.2. The van der Waals surface area contributed by atoms with Crippen molar-refractivity contribution in [3.05, 3.63) is 63.0 Å². The number of rotatable bonds is 4. The van der Waals surface area contributed by atoms with E-state index in [4.69, 9.17) is 10.7 Å². The molecule has 0 saturated heterocycles. The van der Waals surface area contributed by atoms with Gasteiger partial charge in [-0.15, -0.1) is 11.3 Å². The monoisotopic (exact) mass is 407 g/mol. The molecule has 0 bridgehead atoms. The largest absolute Gasteiger partial charge is 0.330 e. The molecule has 152 valence electrons. The molecule has 3 aromatic heterocycles. The van der Waals surface area contributed by atoms with Gasteiger partial charge in [0.15, 0.2) is 0 Å². The van der Waals surface area contributed by atoms with Gasteiger partial charge in [0.25, 0.3) is 5.56 Å². The fourth-order valence-corrected chi connectivity index (χ4v) is 4.52. The van der Waals surface area contributed by atoms with E-state index in [0.29, 0.717) is 12.5 Å². The summed E-state index contributed by atoms with van der Waals surface area (Å²) < 4.78 is 0.768. The summed E-state index contributed by atoms with van der Waals surface area (Å²) in [4.78, 5) is 20.4. The standard InChI is InChI=1S/C22H23N3OS.C2H6/c1-4-17-18(15-7-5-14(6-8-15)12(2)11-23)19-16-9-10-27-21(16)22(26)25-20(19)13(3)24-17;1-2/h5-10,12H,4,11,23H2,1-3H3,(H,25,26);1-2H3. The fraction of sp³-hybridized carbons (Fsp3) is 0.333. The van der Waals surface area contributed by atoms with Crippen molar-refractivity contribution in [1.82, 2.24) is 9.97 Å². The zero-order valence-corrected chi connectivity index (χ0v) is 18.6. The topological polar surface area (TPSA) is 71.8 Å². The number of H-pyrrole nitrogens is 1. The van der Waals surface area contributed by atoms with Crippen molar-refractivity contribution in [3.63, 3.8) is 0 Å². The molecule has 0 aliphatic carbocycles. The second kappa shape index (κ2) is 8.89. The molecule has 4 nitrogen and oxygen atoms in total. The third kappa shape index (κ3) is 3.72. The SMILES string of the molecule is CC.CCc1nc(C)c2[nH]c(=O)c3sccc3c2c1-c1ccc(C(C)CN)cc1. The van der Waals surface area contributed by atoms with Gasteiger partial charge in [0.1, 0.15) is 4.70 Å².